The van der Waals surface area contributed by atoms with Crippen LogP contribution in [0.3, 0.4) is 0 Å². The van der Waals surface area contributed by atoms with Crippen molar-refractivity contribution in [3.05, 3.63) is 93.1 Å². The van der Waals surface area contributed by atoms with Gasteiger partial charge in [0.05, 0.1) is 22.3 Å². The Kier molecular flexibility index (Phi) is 6.30. The van der Waals surface area contributed by atoms with Gasteiger partial charge < -0.3 is 0 Å². The van der Waals surface area contributed by atoms with E-state index in [1.54, 1.807) is 0 Å². The van der Waals surface area contributed by atoms with E-state index in [9.17, 15) is 52.7 Å². The molecule has 0 N–H and O–H groups in total. The highest BCUT2D eigenvalue weighted by atomic mass is 19.2. The molecule has 45 heavy (non-hydrogen) atoms. The van der Waals surface area contributed by atoms with Crippen molar-refractivity contribution >= 4 is 0 Å². The summed E-state index contributed by atoms with van der Waals surface area (Å²) in [6.07, 6.45) is 0. The van der Waals surface area contributed by atoms with Gasteiger partial charge in [0.25, 0.3) is 23.0 Å². The van der Waals surface area contributed by atoms with Gasteiger partial charge in [0.2, 0.25) is 46.5 Å². The Labute approximate surface area is 233 Å². The smallest absolute Gasteiger partial charge is 0.203 e. The van der Waals surface area contributed by atoms with Gasteiger partial charge >= 0.3 is 5.14 Å². The van der Waals surface area contributed by atoms with Gasteiger partial charge in [-0.05, 0) is 0 Å². The number of rotatable bonds is 0. The lowest BCUT2D eigenvalue weighted by molar-refractivity contribution is -1.41. The van der Waals surface area contributed by atoms with Crippen molar-refractivity contribution in [3.63, 3.8) is 0 Å². The molecule has 5 nitrogen and oxygen atoms in total. The second-order valence-electron chi connectivity index (χ2n) is 8.65. The third-order valence-electron chi connectivity index (χ3n) is 6.21. The third-order valence-corrected chi connectivity index (χ3v) is 6.21. The van der Waals surface area contributed by atoms with Gasteiger partial charge in [0.1, 0.15) is 0 Å². The molecule has 1 spiro atoms. The summed E-state index contributed by atoms with van der Waals surface area (Å²) in [5.41, 5.74) is -9.01. The monoisotopic (exact) mass is 670 g/mol. The Hall–Kier alpha value is -5.08. The molecule has 0 fully saturated rings. The van der Waals surface area contributed by atoms with Gasteiger partial charge in [0.15, 0.2) is 46.5 Å². The van der Waals surface area contributed by atoms with Gasteiger partial charge in [-0.25, -0.2) is 52.7 Å². The van der Waals surface area contributed by atoms with Crippen LogP contribution in [0, 0.1) is 93.1 Å². The quantitative estimate of drug-likeness (QED) is 0.0824. The van der Waals surface area contributed by atoms with E-state index in [1.165, 1.54) is 0 Å². The Balaban J connectivity index is 1.82. The maximum Gasteiger partial charge on any atom is 0.429 e. The number of hydrogen-bond donors (Lipinski definition) is 0. The molecule has 2 aliphatic rings. The van der Waals surface area contributed by atoms with Crippen LogP contribution < -0.4 is 19.4 Å². The van der Waals surface area contributed by atoms with Crippen LogP contribution >= 0.6 is 0 Å². The van der Waals surface area contributed by atoms with Crippen LogP contribution in [0.2, 0.25) is 0 Å². The fourth-order valence-corrected chi connectivity index (χ4v) is 4.24. The Morgan fingerprint density at radius 3 is 0.556 bits per heavy atom. The standard InChI is InChI=1S/C24F16NO4/c25-5-1-2-6(26)10(30)14(34)18(38)22(2)43-41(42-21(1)17(37)13(33)9(5)29)44-23-3(7(27)11(31)15(35)19(23)39)4-8(28)12(32)16(36)20(40)24(4)45-41/q+1. The van der Waals surface area contributed by atoms with Crippen LogP contribution in [0.4, 0.5) is 70.2 Å². The lowest BCUT2D eigenvalue weighted by Crippen LogP contribution is -2.59. The fraction of sp³-hybridized carbons (Fsp3) is 0. The first-order chi connectivity index (χ1) is 21.0. The zero-order valence-electron chi connectivity index (χ0n) is 20.1. The molecular formula is C24F16NO4+. The molecule has 21 heteroatoms. The van der Waals surface area contributed by atoms with E-state index in [0.717, 1.165) is 0 Å². The van der Waals surface area contributed by atoms with Crippen molar-refractivity contribution in [1.82, 2.24) is 0 Å². The van der Waals surface area contributed by atoms with Crippen molar-refractivity contribution in [2.24, 2.45) is 0 Å². The number of benzene rings is 4. The molecular weight excluding hydrogens is 670 g/mol. The van der Waals surface area contributed by atoms with E-state index in [-0.39, 0.29) is 0 Å². The van der Waals surface area contributed by atoms with Crippen molar-refractivity contribution in [1.29, 1.82) is 0 Å². The van der Waals surface area contributed by atoms with Crippen molar-refractivity contribution in [2.45, 2.75) is 0 Å². The maximum absolute atomic E-state index is 15.0. The molecule has 2 aliphatic heterocycles. The zero-order chi connectivity index (χ0) is 33.2. The topological polar surface area (TPSA) is 36.9 Å². The number of halogens is 16. The van der Waals surface area contributed by atoms with Crippen LogP contribution in [0.25, 0.3) is 22.3 Å². The lowest BCUT2D eigenvalue weighted by atomic mass is 10.0. The number of fused-ring (bicyclic) bond motifs is 6. The normalized spacial score (nSPS) is 14.2. The van der Waals surface area contributed by atoms with Crippen molar-refractivity contribution < 1.29 is 94.7 Å². The Morgan fingerprint density at radius 2 is 0.378 bits per heavy atom. The summed E-state index contributed by atoms with van der Waals surface area (Å²) < 4.78 is 234. The largest absolute Gasteiger partial charge is 0.429 e. The highest BCUT2D eigenvalue weighted by Crippen LogP contribution is 2.54. The van der Waals surface area contributed by atoms with Gasteiger partial charge in [-0.15, -0.1) is 0 Å². The number of nitrogens with zero attached hydrogens (tertiary/aromatic N) is 1. The molecule has 0 aliphatic carbocycles. The maximum atomic E-state index is 15.0. The first kappa shape index (κ1) is 30.0. The van der Waals surface area contributed by atoms with Gasteiger partial charge in [0, 0.05) is 0 Å². The minimum atomic E-state index is -3.74. The van der Waals surface area contributed by atoms with Crippen molar-refractivity contribution in [3.8, 4) is 45.3 Å². The molecule has 6 rings (SSSR count). The molecule has 0 radical (unpaired) electrons. The molecule has 0 amide bonds. The van der Waals surface area contributed by atoms with Crippen LogP contribution in [-0.2, 0) is 0 Å². The van der Waals surface area contributed by atoms with Gasteiger partial charge in [-0.2, -0.15) is 36.9 Å². The first-order valence-electron chi connectivity index (χ1n) is 11.1. The second kappa shape index (κ2) is 9.46. The molecule has 4 aromatic carbocycles. The molecule has 0 aromatic heterocycles. The molecule has 0 saturated heterocycles. The van der Waals surface area contributed by atoms with Crippen LogP contribution in [0.15, 0.2) is 0 Å². The number of hydrogen-bond acceptors (Lipinski definition) is 4. The average molecular weight is 670 g/mol. The summed E-state index contributed by atoms with van der Waals surface area (Å²) in [4.78, 5) is 18.0. The second-order valence-corrected chi connectivity index (χ2v) is 8.65. The molecule has 0 atom stereocenters. The summed E-state index contributed by atoms with van der Waals surface area (Å²) in [5, 5.41) is -3.74. The van der Waals surface area contributed by atoms with E-state index in [4.69, 9.17) is 0 Å². The minimum absolute atomic E-state index is 2.25. The van der Waals surface area contributed by atoms with E-state index in [1.807, 2.05) is 0 Å². The molecule has 4 aromatic rings. The third kappa shape index (κ3) is 3.75. The summed E-state index contributed by atoms with van der Waals surface area (Å²) >= 11 is 0. The van der Waals surface area contributed by atoms with Crippen molar-refractivity contribution in [2.75, 3.05) is 0 Å². The van der Waals surface area contributed by atoms with E-state index in [2.05, 4.69) is 19.4 Å². The Morgan fingerprint density at radius 1 is 0.222 bits per heavy atom. The molecule has 0 unspecified atom stereocenters. The summed E-state index contributed by atoms with van der Waals surface area (Å²) in [7, 11) is 0. The predicted molar refractivity (Wildman–Crippen MR) is 106 cm³/mol. The van der Waals surface area contributed by atoms with Crippen LogP contribution in [0.5, 0.6) is 23.0 Å². The number of quaternary nitrogens is 1. The fourth-order valence-electron chi connectivity index (χ4n) is 4.24. The van der Waals surface area contributed by atoms with Crippen LogP contribution in [0.1, 0.15) is 0 Å². The molecule has 2 heterocycles. The lowest BCUT2D eigenvalue weighted by Gasteiger charge is -2.23. The zero-order valence-corrected chi connectivity index (χ0v) is 20.1. The Bertz CT molecular complexity index is 1760. The summed E-state index contributed by atoms with van der Waals surface area (Å²) in [6.45, 7) is 0. The SMILES string of the molecule is Fc1c(F)c(F)c2c(c1F)O[N+]1(Oc3c(F)c(F)c(F)c(F)c3-2)Oc2c(F)c(F)c(F)c(F)c2-c2c(F)c(F)c(F)c(F)c2O1. The van der Waals surface area contributed by atoms with E-state index >= 15 is 17.6 Å². The molecule has 0 saturated carbocycles. The first-order valence-corrected chi connectivity index (χ1v) is 11.1. The molecule has 0 bridgehead atoms. The highest BCUT2D eigenvalue weighted by molar-refractivity contribution is 5.79. The highest BCUT2D eigenvalue weighted by Gasteiger charge is 2.58. The van der Waals surface area contributed by atoms with E-state index < -0.39 is 143 Å². The van der Waals surface area contributed by atoms with E-state index in [0.29, 0.717) is 0 Å². The molecule has 236 valence electrons. The average Bonchev–Trinajstić information content (AvgIpc) is 3.26. The van der Waals surface area contributed by atoms with Gasteiger partial charge in [-0.1, -0.05) is 0 Å². The summed E-state index contributed by atoms with van der Waals surface area (Å²) in [5.74, 6) is -55.4. The summed E-state index contributed by atoms with van der Waals surface area (Å²) in [6, 6.07) is 0. The minimum Gasteiger partial charge on any atom is -0.203 e. The van der Waals surface area contributed by atoms with Crippen LogP contribution in [-0.4, -0.2) is 5.14 Å². The predicted octanol–water partition coefficient (Wildman–Crippen LogP) is 7.97. The van der Waals surface area contributed by atoms with Gasteiger partial charge in [-0.3, -0.25) is 0 Å².